The smallest absolute Gasteiger partial charge is 0.265 e. The van der Waals surface area contributed by atoms with Crippen molar-refractivity contribution in [3.05, 3.63) is 95.3 Å². The molecule has 1 fully saturated rings. The van der Waals surface area contributed by atoms with Gasteiger partial charge in [0, 0.05) is 17.3 Å². The van der Waals surface area contributed by atoms with Gasteiger partial charge >= 0.3 is 0 Å². The molecule has 180 valence electrons. The quantitative estimate of drug-likeness (QED) is 0.329. The summed E-state index contributed by atoms with van der Waals surface area (Å²) in [6, 6.07) is 20.4. The van der Waals surface area contributed by atoms with Gasteiger partial charge < -0.3 is 20.2 Å². The number of anilines is 1. The van der Waals surface area contributed by atoms with Crippen molar-refractivity contribution in [2.75, 3.05) is 11.9 Å². The maximum absolute atomic E-state index is 13.0. The number of carbonyl (C=O) groups excluding carboxylic acids is 2. The Hall–Kier alpha value is -4.20. The van der Waals surface area contributed by atoms with Gasteiger partial charge in [0.1, 0.15) is 18.2 Å². The molecule has 0 spiro atoms. The van der Waals surface area contributed by atoms with E-state index in [0.29, 0.717) is 29.3 Å². The fraction of sp³-hybridized carbons (Fsp3) is 0.222. The minimum absolute atomic E-state index is 0.146. The van der Waals surface area contributed by atoms with Crippen LogP contribution < -0.4 is 15.4 Å². The first-order valence-corrected chi connectivity index (χ1v) is 11.3. The maximum atomic E-state index is 13.0. The lowest BCUT2D eigenvalue weighted by Crippen LogP contribution is -2.25. The molecule has 0 aromatic heterocycles. The van der Waals surface area contributed by atoms with Crippen molar-refractivity contribution in [3.63, 3.8) is 0 Å². The van der Waals surface area contributed by atoms with Crippen LogP contribution in [0.3, 0.4) is 0 Å². The summed E-state index contributed by atoms with van der Waals surface area (Å²) >= 11 is 0. The molecule has 0 atom stereocenters. The normalized spacial score (nSPS) is 13.1. The zero-order chi connectivity index (χ0) is 24.6. The summed E-state index contributed by atoms with van der Waals surface area (Å²) in [5.74, 6) is -0.146. The van der Waals surface area contributed by atoms with Gasteiger partial charge in [-0.25, -0.2) is 4.39 Å². The number of rotatable bonds is 10. The Morgan fingerprint density at radius 1 is 1.00 bits per heavy atom. The molecule has 0 saturated heterocycles. The number of oxime groups is 1. The molecule has 4 rings (SSSR count). The molecule has 0 bridgehead atoms. The Balaban J connectivity index is 1.23. The van der Waals surface area contributed by atoms with Gasteiger partial charge in [-0.1, -0.05) is 23.4 Å². The summed E-state index contributed by atoms with van der Waals surface area (Å²) in [5.41, 5.74) is 3.29. The predicted molar refractivity (Wildman–Crippen MR) is 131 cm³/mol. The van der Waals surface area contributed by atoms with Gasteiger partial charge in [0.05, 0.1) is 5.71 Å². The highest BCUT2D eigenvalue weighted by Gasteiger charge is 2.23. The number of amides is 2. The van der Waals surface area contributed by atoms with Crippen molar-refractivity contribution in [2.45, 2.75) is 32.4 Å². The Morgan fingerprint density at radius 3 is 2.46 bits per heavy atom. The third-order valence-electron chi connectivity index (χ3n) is 5.31. The first kappa shape index (κ1) is 23.9. The third kappa shape index (κ3) is 7.40. The highest BCUT2D eigenvalue weighted by Crippen LogP contribution is 2.20. The molecule has 35 heavy (non-hydrogen) atoms. The van der Waals surface area contributed by atoms with Crippen LogP contribution >= 0.6 is 0 Å². The summed E-state index contributed by atoms with van der Waals surface area (Å²) in [4.78, 5) is 29.6. The summed E-state index contributed by atoms with van der Waals surface area (Å²) in [5, 5.41) is 9.63. The van der Waals surface area contributed by atoms with Crippen molar-refractivity contribution in [3.8, 4) is 5.75 Å². The van der Waals surface area contributed by atoms with Crippen LogP contribution in [-0.2, 0) is 16.2 Å². The van der Waals surface area contributed by atoms with Crippen molar-refractivity contribution in [2.24, 2.45) is 5.16 Å². The van der Waals surface area contributed by atoms with Gasteiger partial charge in [-0.05, 0) is 85.5 Å². The molecular weight excluding hydrogens is 449 g/mol. The summed E-state index contributed by atoms with van der Waals surface area (Å²) in [6.45, 7) is 1.84. The molecule has 1 saturated carbocycles. The average Bonchev–Trinajstić information content (AvgIpc) is 3.68. The van der Waals surface area contributed by atoms with E-state index in [1.54, 1.807) is 55.5 Å². The minimum Gasteiger partial charge on any atom is -0.489 e. The number of halogens is 1. The molecule has 0 heterocycles. The van der Waals surface area contributed by atoms with Gasteiger partial charge in [-0.15, -0.1) is 0 Å². The number of nitrogens with one attached hydrogen (secondary N) is 2. The molecule has 3 aromatic carbocycles. The second kappa shape index (κ2) is 11.3. The molecular formula is C27H26FN3O4. The summed E-state index contributed by atoms with van der Waals surface area (Å²) < 4.78 is 18.7. The molecule has 3 aromatic rings. The zero-order valence-corrected chi connectivity index (χ0v) is 19.3. The average molecular weight is 476 g/mol. The third-order valence-corrected chi connectivity index (χ3v) is 5.31. The van der Waals surface area contributed by atoms with Crippen molar-refractivity contribution >= 4 is 23.2 Å². The molecule has 8 heteroatoms. The van der Waals surface area contributed by atoms with Crippen LogP contribution in [0.15, 0.2) is 78.0 Å². The van der Waals surface area contributed by atoms with E-state index < -0.39 is 0 Å². The lowest BCUT2D eigenvalue weighted by molar-refractivity contribution is -0.120. The Bertz CT molecular complexity index is 1210. The monoisotopic (exact) mass is 475 g/mol. The Kier molecular flexibility index (Phi) is 7.72. The molecule has 1 aliphatic carbocycles. The highest BCUT2D eigenvalue weighted by molar-refractivity contribution is 5.99. The lowest BCUT2D eigenvalue weighted by Gasteiger charge is -2.08. The van der Waals surface area contributed by atoms with Crippen LogP contribution in [-0.4, -0.2) is 30.2 Å². The van der Waals surface area contributed by atoms with E-state index in [2.05, 4.69) is 15.8 Å². The van der Waals surface area contributed by atoms with Crippen LogP contribution in [0.4, 0.5) is 10.1 Å². The maximum Gasteiger partial charge on any atom is 0.265 e. The van der Waals surface area contributed by atoms with Gasteiger partial charge in [0.2, 0.25) is 0 Å². The number of carbonyl (C=O) groups is 2. The number of nitrogens with zero attached hydrogens (tertiary/aromatic N) is 1. The molecule has 1 aliphatic rings. The number of hydrogen-bond donors (Lipinski definition) is 2. The zero-order valence-electron chi connectivity index (χ0n) is 19.3. The Morgan fingerprint density at radius 2 is 1.74 bits per heavy atom. The largest absolute Gasteiger partial charge is 0.489 e. The predicted octanol–water partition coefficient (Wildman–Crippen LogP) is 4.68. The second-order valence-electron chi connectivity index (χ2n) is 8.27. The van der Waals surface area contributed by atoms with Crippen LogP contribution in [0.5, 0.6) is 5.75 Å². The van der Waals surface area contributed by atoms with Crippen LogP contribution in [0.2, 0.25) is 0 Å². The van der Waals surface area contributed by atoms with E-state index in [0.717, 1.165) is 24.0 Å². The van der Waals surface area contributed by atoms with E-state index in [-0.39, 0.29) is 30.3 Å². The van der Waals surface area contributed by atoms with E-state index >= 15 is 0 Å². The topological polar surface area (TPSA) is 89.0 Å². The van der Waals surface area contributed by atoms with Crippen molar-refractivity contribution in [1.82, 2.24) is 5.32 Å². The van der Waals surface area contributed by atoms with Gasteiger partial charge in [0.15, 0.2) is 6.61 Å². The van der Waals surface area contributed by atoms with Gasteiger partial charge in [-0.2, -0.15) is 0 Å². The number of benzene rings is 3. The molecule has 7 nitrogen and oxygen atoms in total. The first-order valence-electron chi connectivity index (χ1n) is 11.3. The standard InChI is InChI=1S/C27H26FN3O4/c1-18(20-7-13-25(14-8-20)34-16-19-5-9-22(28)10-6-19)31-35-17-26(32)29-24-4-2-3-21(15-24)27(33)30-23-11-12-23/h2-10,13-15,23H,11-12,16-17H2,1H3,(H,29,32)(H,30,33). The van der Waals surface area contributed by atoms with Gasteiger partial charge in [-0.3, -0.25) is 9.59 Å². The van der Waals surface area contributed by atoms with Gasteiger partial charge in [0.25, 0.3) is 11.8 Å². The van der Waals surface area contributed by atoms with Crippen LogP contribution in [0, 0.1) is 5.82 Å². The minimum atomic E-state index is -0.383. The molecule has 0 aliphatic heterocycles. The highest BCUT2D eigenvalue weighted by atomic mass is 19.1. The number of hydrogen-bond acceptors (Lipinski definition) is 5. The van der Waals surface area contributed by atoms with E-state index in [9.17, 15) is 14.0 Å². The van der Waals surface area contributed by atoms with E-state index in [1.807, 2.05) is 12.1 Å². The lowest BCUT2D eigenvalue weighted by atomic mass is 10.1. The van der Waals surface area contributed by atoms with E-state index in [1.165, 1.54) is 12.1 Å². The summed E-state index contributed by atoms with van der Waals surface area (Å²) in [7, 11) is 0. The fourth-order valence-corrected chi connectivity index (χ4v) is 3.21. The van der Waals surface area contributed by atoms with Crippen molar-refractivity contribution < 1.29 is 23.6 Å². The molecule has 2 amide bonds. The van der Waals surface area contributed by atoms with Crippen LogP contribution in [0.25, 0.3) is 0 Å². The first-order chi connectivity index (χ1) is 17.0. The molecule has 2 N–H and O–H groups in total. The Labute approximate surface area is 202 Å². The van der Waals surface area contributed by atoms with Crippen molar-refractivity contribution in [1.29, 1.82) is 0 Å². The fourth-order valence-electron chi connectivity index (χ4n) is 3.21. The molecule has 0 unspecified atom stereocenters. The van der Waals surface area contributed by atoms with E-state index in [4.69, 9.17) is 9.57 Å². The number of ether oxygens (including phenoxy) is 1. The SMILES string of the molecule is CC(=NOCC(=O)Nc1cccc(C(=O)NC2CC2)c1)c1ccc(OCc2ccc(F)cc2)cc1. The van der Waals surface area contributed by atoms with Crippen LogP contribution in [0.1, 0.15) is 41.3 Å². The molecule has 0 radical (unpaired) electrons. The second-order valence-corrected chi connectivity index (χ2v) is 8.27. The summed E-state index contributed by atoms with van der Waals surface area (Å²) in [6.07, 6.45) is 2.02.